The SMILES string of the molecule is CC1(c2ccccc2)OC(=O)C(Cl)(Cl)C(C(Cl)(Cl)Cl)N1OC(=O)Nc1ccccc1. The number of carbonyl (C=O) groups is 2. The van der Waals surface area contributed by atoms with Crippen LogP contribution in [0.1, 0.15) is 12.5 Å². The maximum Gasteiger partial charge on any atom is 0.430 e. The molecular formula is C19H15Cl5N2O4. The number of ether oxygens (including phenoxy) is 1. The number of hydroxylamine groups is 2. The summed E-state index contributed by atoms with van der Waals surface area (Å²) in [5, 5.41) is 3.41. The second-order valence-electron chi connectivity index (χ2n) is 6.50. The summed E-state index contributed by atoms with van der Waals surface area (Å²) < 4.78 is 0.908. The fourth-order valence-electron chi connectivity index (χ4n) is 2.96. The maximum atomic E-state index is 12.6. The zero-order valence-electron chi connectivity index (χ0n) is 15.3. The second-order valence-corrected chi connectivity index (χ2v) is 10.3. The van der Waals surface area contributed by atoms with Crippen molar-refractivity contribution in [1.29, 1.82) is 0 Å². The van der Waals surface area contributed by atoms with E-state index in [2.05, 4.69) is 5.32 Å². The number of rotatable bonds is 3. The molecule has 2 aromatic rings. The number of para-hydroxylation sites is 1. The Morgan fingerprint density at radius 1 is 1.07 bits per heavy atom. The smallest absolute Gasteiger partial charge is 0.430 e. The number of amides is 1. The van der Waals surface area contributed by atoms with Gasteiger partial charge in [-0.15, -0.1) is 0 Å². The summed E-state index contributed by atoms with van der Waals surface area (Å²) in [4.78, 5) is 30.7. The van der Waals surface area contributed by atoms with Crippen LogP contribution in [0.5, 0.6) is 0 Å². The average molecular weight is 513 g/mol. The molecule has 0 saturated carbocycles. The monoisotopic (exact) mass is 510 g/mol. The highest BCUT2D eigenvalue weighted by Gasteiger charge is 2.67. The molecule has 1 aliphatic heterocycles. The molecule has 0 radical (unpaired) electrons. The largest absolute Gasteiger partial charge is 0.434 e. The van der Waals surface area contributed by atoms with E-state index in [9.17, 15) is 9.59 Å². The summed E-state index contributed by atoms with van der Waals surface area (Å²) in [6.45, 7) is 1.46. The highest BCUT2D eigenvalue weighted by atomic mass is 35.6. The van der Waals surface area contributed by atoms with Crippen LogP contribution in [0.15, 0.2) is 60.7 Å². The summed E-state index contributed by atoms with van der Waals surface area (Å²) >= 11 is 30.8. The van der Waals surface area contributed by atoms with Gasteiger partial charge in [0.2, 0.25) is 13.9 Å². The Morgan fingerprint density at radius 3 is 2.13 bits per heavy atom. The average Bonchev–Trinajstić information content (AvgIpc) is 2.66. The zero-order valence-corrected chi connectivity index (χ0v) is 19.1. The number of hydrogen-bond donors (Lipinski definition) is 1. The van der Waals surface area contributed by atoms with Gasteiger partial charge in [-0.1, -0.05) is 112 Å². The van der Waals surface area contributed by atoms with Gasteiger partial charge in [-0.3, -0.25) is 5.32 Å². The van der Waals surface area contributed by atoms with E-state index in [0.29, 0.717) is 11.3 Å². The fourth-order valence-corrected chi connectivity index (χ4v) is 4.64. The van der Waals surface area contributed by atoms with Gasteiger partial charge in [0.1, 0.15) is 6.04 Å². The Labute approximate surface area is 197 Å². The molecule has 11 heteroatoms. The first-order valence-corrected chi connectivity index (χ1v) is 10.4. The molecule has 0 aromatic heterocycles. The summed E-state index contributed by atoms with van der Waals surface area (Å²) in [5.74, 6) is -1.06. The number of carbonyl (C=O) groups excluding carboxylic acids is 2. The van der Waals surface area contributed by atoms with Crippen LogP contribution < -0.4 is 5.32 Å². The van der Waals surface area contributed by atoms with Gasteiger partial charge in [-0.2, -0.15) is 0 Å². The van der Waals surface area contributed by atoms with Crippen LogP contribution in [-0.2, 0) is 20.1 Å². The Bertz CT molecular complexity index is 924. The number of anilines is 1. The molecule has 2 aromatic carbocycles. The molecule has 1 N–H and O–H groups in total. The van der Waals surface area contributed by atoms with Crippen molar-refractivity contribution in [3.63, 3.8) is 0 Å². The van der Waals surface area contributed by atoms with Crippen LogP contribution in [-0.4, -0.2) is 31.3 Å². The minimum absolute atomic E-state index is 0.425. The lowest BCUT2D eigenvalue weighted by molar-refractivity contribution is -0.306. The third kappa shape index (κ3) is 4.59. The fraction of sp³-hybridized carbons (Fsp3) is 0.263. The van der Waals surface area contributed by atoms with E-state index < -0.39 is 32.0 Å². The van der Waals surface area contributed by atoms with Gasteiger partial charge in [0.05, 0.1) is 0 Å². The lowest BCUT2D eigenvalue weighted by Gasteiger charge is -2.51. The Morgan fingerprint density at radius 2 is 1.60 bits per heavy atom. The predicted molar refractivity (Wildman–Crippen MR) is 117 cm³/mol. The second kappa shape index (κ2) is 8.61. The topological polar surface area (TPSA) is 67.9 Å². The molecule has 160 valence electrons. The van der Waals surface area contributed by atoms with Crippen molar-refractivity contribution in [3.8, 4) is 0 Å². The van der Waals surface area contributed by atoms with Gasteiger partial charge in [0, 0.05) is 11.3 Å². The third-order valence-corrected chi connectivity index (χ3v) is 5.73. The van der Waals surface area contributed by atoms with E-state index >= 15 is 0 Å². The van der Waals surface area contributed by atoms with Gasteiger partial charge < -0.3 is 9.57 Å². The van der Waals surface area contributed by atoms with E-state index in [1.54, 1.807) is 60.7 Å². The van der Waals surface area contributed by atoms with Crippen LogP contribution in [0.3, 0.4) is 0 Å². The maximum absolute atomic E-state index is 12.6. The molecule has 0 bridgehead atoms. The van der Waals surface area contributed by atoms with Gasteiger partial charge >= 0.3 is 12.1 Å². The van der Waals surface area contributed by atoms with Gasteiger partial charge in [-0.25, -0.2) is 9.59 Å². The van der Waals surface area contributed by atoms with Crippen molar-refractivity contribution in [2.45, 2.75) is 26.8 Å². The van der Waals surface area contributed by atoms with Crippen LogP contribution in [0, 0.1) is 0 Å². The third-order valence-electron chi connectivity index (χ3n) is 4.38. The van der Waals surface area contributed by atoms with Gasteiger partial charge in [0.25, 0.3) is 0 Å². The quantitative estimate of drug-likeness (QED) is 0.416. The molecule has 1 fully saturated rings. The normalized spacial score (nSPS) is 24.1. The molecule has 3 rings (SSSR count). The Kier molecular flexibility index (Phi) is 6.68. The minimum Gasteiger partial charge on any atom is -0.434 e. The summed E-state index contributed by atoms with van der Waals surface area (Å²) in [6.07, 6.45) is -0.940. The highest BCUT2D eigenvalue weighted by molar-refractivity contribution is 6.70. The molecule has 6 nitrogen and oxygen atoms in total. The predicted octanol–water partition coefficient (Wildman–Crippen LogP) is 5.79. The van der Waals surface area contributed by atoms with Crippen molar-refractivity contribution in [2.24, 2.45) is 0 Å². The van der Waals surface area contributed by atoms with Crippen molar-refractivity contribution in [3.05, 3.63) is 66.2 Å². The number of benzene rings is 2. The molecule has 2 unspecified atom stereocenters. The molecule has 2 atom stereocenters. The minimum atomic E-state index is -2.35. The molecule has 1 aliphatic rings. The van der Waals surface area contributed by atoms with Crippen LogP contribution in [0.25, 0.3) is 0 Å². The van der Waals surface area contributed by atoms with Gasteiger partial charge in [0.15, 0.2) is 0 Å². The number of cyclic esters (lactones) is 1. The number of nitrogens with one attached hydrogen (secondary N) is 1. The first kappa shape index (κ1) is 23.3. The number of halogens is 5. The highest BCUT2D eigenvalue weighted by Crippen LogP contribution is 2.52. The van der Waals surface area contributed by atoms with Crippen LogP contribution in [0.4, 0.5) is 10.5 Å². The summed E-state index contributed by atoms with van der Waals surface area (Å²) in [5.41, 5.74) is -0.825. The molecular weight excluding hydrogens is 497 g/mol. The lowest BCUT2D eigenvalue weighted by atomic mass is 9.99. The van der Waals surface area contributed by atoms with Crippen LogP contribution >= 0.6 is 58.0 Å². The van der Waals surface area contributed by atoms with Crippen molar-refractivity contribution in [1.82, 2.24) is 5.06 Å². The number of alkyl halides is 5. The summed E-state index contributed by atoms with van der Waals surface area (Å²) in [7, 11) is 0. The number of esters is 1. The molecule has 30 heavy (non-hydrogen) atoms. The van der Waals surface area contributed by atoms with E-state index in [-0.39, 0.29) is 0 Å². The Hall–Kier alpha value is -1.41. The zero-order chi connectivity index (χ0) is 22.2. The van der Waals surface area contributed by atoms with E-state index in [1.807, 2.05) is 0 Å². The first-order chi connectivity index (χ1) is 14.0. The van der Waals surface area contributed by atoms with Crippen LogP contribution in [0.2, 0.25) is 0 Å². The molecule has 0 aliphatic carbocycles. The van der Waals surface area contributed by atoms with Crippen molar-refractivity contribution < 1.29 is 19.2 Å². The molecule has 0 spiro atoms. The van der Waals surface area contributed by atoms with E-state index in [0.717, 1.165) is 5.06 Å². The standard InChI is InChI=1S/C19H15Cl5N2O4/c1-17(12-8-4-2-5-9-12)26(30-16(28)25-13-10-6-3-7-11-13)14(19(22,23)24)18(20,21)15(27)29-17/h2-11,14H,1H3,(H,25,28). The van der Waals surface area contributed by atoms with Crippen molar-refractivity contribution in [2.75, 3.05) is 5.32 Å². The van der Waals surface area contributed by atoms with E-state index in [4.69, 9.17) is 67.6 Å². The first-order valence-electron chi connectivity index (χ1n) is 8.53. The Balaban J connectivity index is 2.05. The summed E-state index contributed by atoms with van der Waals surface area (Å²) in [6, 6.07) is 15.3. The van der Waals surface area contributed by atoms with Crippen molar-refractivity contribution >= 4 is 75.8 Å². The lowest BCUT2D eigenvalue weighted by Crippen LogP contribution is -2.69. The van der Waals surface area contributed by atoms with Gasteiger partial charge in [-0.05, 0) is 19.1 Å². The van der Waals surface area contributed by atoms with E-state index in [1.165, 1.54) is 6.92 Å². The molecule has 1 saturated heterocycles. The molecule has 1 heterocycles. The number of nitrogens with zero attached hydrogens (tertiary/aromatic N) is 1. The number of hydrogen-bond acceptors (Lipinski definition) is 5. The molecule has 1 amide bonds.